The van der Waals surface area contributed by atoms with E-state index in [9.17, 15) is 4.79 Å². The minimum atomic E-state index is -0.0838. The van der Waals surface area contributed by atoms with E-state index in [2.05, 4.69) is 31.2 Å². The average molecular weight is 374 g/mol. The van der Waals surface area contributed by atoms with Crippen molar-refractivity contribution in [1.29, 1.82) is 0 Å². The highest BCUT2D eigenvalue weighted by atomic mass is 16.1. The molecule has 3 aromatic heterocycles. The van der Waals surface area contributed by atoms with Gasteiger partial charge in [0.1, 0.15) is 0 Å². The lowest BCUT2D eigenvalue weighted by molar-refractivity contribution is 0.488. The highest BCUT2D eigenvalue weighted by Gasteiger charge is 2.28. The lowest BCUT2D eigenvalue weighted by atomic mass is 10.2. The van der Waals surface area contributed by atoms with Crippen molar-refractivity contribution < 1.29 is 0 Å². The molecule has 0 radical (unpaired) electrons. The standard InChI is InChI=1S/C21H22N6O/c28-21-9-8-19(16-5-2-10-22-13-16)25-27(21)14-17-6-3-11-26(17)20-12-15-4-1-7-18(15)23-24-20/h2,5,8-10,12-13,17H,1,3-4,6-7,11,14H2. The van der Waals surface area contributed by atoms with Gasteiger partial charge in [0.2, 0.25) is 0 Å². The number of anilines is 1. The number of rotatable bonds is 4. The van der Waals surface area contributed by atoms with Crippen LogP contribution in [0.4, 0.5) is 5.82 Å². The first kappa shape index (κ1) is 17.0. The summed E-state index contributed by atoms with van der Waals surface area (Å²) in [5.41, 5.74) is 4.05. The number of hydrogen-bond donors (Lipinski definition) is 0. The molecule has 3 aromatic rings. The summed E-state index contributed by atoms with van der Waals surface area (Å²) in [6.07, 6.45) is 8.88. The fourth-order valence-corrected chi connectivity index (χ4v) is 4.23. The third-order valence-electron chi connectivity index (χ3n) is 5.69. The third kappa shape index (κ3) is 3.17. The molecule has 1 saturated heterocycles. The van der Waals surface area contributed by atoms with Crippen LogP contribution < -0.4 is 10.5 Å². The van der Waals surface area contributed by atoms with Gasteiger partial charge in [-0.05, 0) is 61.9 Å². The minimum Gasteiger partial charge on any atom is -0.350 e. The second-order valence-corrected chi connectivity index (χ2v) is 7.50. The van der Waals surface area contributed by atoms with Gasteiger partial charge in [-0.3, -0.25) is 9.78 Å². The Morgan fingerprint density at radius 2 is 2.07 bits per heavy atom. The Morgan fingerprint density at radius 3 is 2.96 bits per heavy atom. The van der Waals surface area contributed by atoms with Crippen LogP contribution in [0.5, 0.6) is 0 Å². The van der Waals surface area contributed by atoms with Gasteiger partial charge in [-0.2, -0.15) is 10.2 Å². The van der Waals surface area contributed by atoms with Gasteiger partial charge in [0.25, 0.3) is 5.56 Å². The molecule has 0 amide bonds. The fourth-order valence-electron chi connectivity index (χ4n) is 4.23. The molecule has 142 valence electrons. The van der Waals surface area contributed by atoms with Crippen molar-refractivity contribution in [3.8, 4) is 11.3 Å². The number of nitrogens with zero attached hydrogens (tertiary/aromatic N) is 6. The predicted octanol–water partition coefficient (Wildman–Crippen LogP) is 2.25. The summed E-state index contributed by atoms with van der Waals surface area (Å²) >= 11 is 0. The minimum absolute atomic E-state index is 0.0838. The van der Waals surface area contributed by atoms with Crippen LogP contribution in [-0.4, -0.2) is 37.5 Å². The number of aromatic nitrogens is 5. The topological polar surface area (TPSA) is 76.8 Å². The van der Waals surface area contributed by atoms with Gasteiger partial charge in [-0.25, -0.2) is 4.68 Å². The highest BCUT2D eigenvalue weighted by molar-refractivity contribution is 5.56. The molecule has 0 aromatic carbocycles. The summed E-state index contributed by atoms with van der Waals surface area (Å²) in [5, 5.41) is 13.5. The van der Waals surface area contributed by atoms with E-state index in [1.165, 1.54) is 5.56 Å². The molecular formula is C21H22N6O. The molecule has 1 aliphatic carbocycles. The maximum absolute atomic E-state index is 12.4. The molecule has 28 heavy (non-hydrogen) atoms. The SMILES string of the molecule is O=c1ccc(-c2cccnc2)nn1CC1CCCN1c1cc2c(nn1)CCC2. The Labute approximate surface area is 163 Å². The number of hydrogen-bond acceptors (Lipinski definition) is 6. The van der Waals surface area contributed by atoms with E-state index in [1.54, 1.807) is 29.2 Å². The Balaban J connectivity index is 1.41. The van der Waals surface area contributed by atoms with E-state index < -0.39 is 0 Å². The van der Waals surface area contributed by atoms with Gasteiger partial charge in [0.05, 0.1) is 24.0 Å². The predicted molar refractivity (Wildman–Crippen MR) is 106 cm³/mol. The van der Waals surface area contributed by atoms with Crippen molar-refractivity contribution in [3.05, 3.63) is 64.3 Å². The number of fused-ring (bicyclic) bond motifs is 1. The zero-order valence-electron chi connectivity index (χ0n) is 15.7. The van der Waals surface area contributed by atoms with Gasteiger partial charge < -0.3 is 4.90 Å². The second kappa shape index (κ2) is 7.14. The van der Waals surface area contributed by atoms with Crippen molar-refractivity contribution in [2.45, 2.75) is 44.7 Å². The fraction of sp³-hybridized carbons (Fsp3) is 0.381. The molecule has 7 nitrogen and oxygen atoms in total. The maximum atomic E-state index is 12.4. The molecule has 4 heterocycles. The molecular weight excluding hydrogens is 352 g/mol. The van der Waals surface area contributed by atoms with E-state index >= 15 is 0 Å². The van der Waals surface area contributed by atoms with Crippen molar-refractivity contribution >= 4 is 5.82 Å². The van der Waals surface area contributed by atoms with Gasteiger partial charge in [-0.15, -0.1) is 5.10 Å². The molecule has 0 N–H and O–H groups in total. The Hall–Kier alpha value is -3.09. The van der Waals surface area contributed by atoms with Crippen LogP contribution >= 0.6 is 0 Å². The second-order valence-electron chi connectivity index (χ2n) is 7.50. The van der Waals surface area contributed by atoms with Gasteiger partial charge >= 0.3 is 0 Å². The zero-order valence-corrected chi connectivity index (χ0v) is 15.7. The summed E-state index contributed by atoms with van der Waals surface area (Å²) in [4.78, 5) is 18.9. The third-order valence-corrected chi connectivity index (χ3v) is 5.69. The molecule has 0 saturated carbocycles. The van der Waals surface area contributed by atoms with Gasteiger partial charge in [0, 0.05) is 30.6 Å². The molecule has 7 heteroatoms. The Bertz CT molecular complexity index is 1050. The maximum Gasteiger partial charge on any atom is 0.266 e. The van der Waals surface area contributed by atoms with E-state index in [4.69, 9.17) is 0 Å². The van der Waals surface area contributed by atoms with Crippen LogP contribution in [0.15, 0.2) is 47.5 Å². The summed E-state index contributed by atoms with van der Waals surface area (Å²) in [5.74, 6) is 0.930. The number of aryl methyl sites for hydroxylation is 2. The number of pyridine rings is 1. The first-order valence-corrected chi connectivity index (χ1v) is 9.88. The van der Waals surface area contributed by atoms with Crippen LogP contribution in [0.2, 0.25) is 0 Å². The molecule has 1 fully saturated rings. The van der Waals surface area contributed by atoms with Crippen LogP contribution in [0.25, 0.3) is 11.3 Å². The lowest BCUT2D eigenvalue weighted by Gasteiger charge is -2.26. The molecule has 1 atom stereocenters. The van der Waals surface area contributed by atoms with E-state index in [-0.39, 0.29) is 11.6 Å². The quantitative estimate of drug-likeness (QED) is 0.697. The largest absolute Gasteiger partial charge is 0.350 e. The molecule has 5 rings (SSSR count). The molecule has 2 aliphatic rings. The van der Waals surface area contributed by atoms with Gasteiger partial charge in [-0.1, -0.05) is 0 Å². The van der Waals surface area contributed by atoms with Crippen LogP contribution in [-0.2, 0) is 19.4 Å². The normalized spacial score (nSPS) is 18.4. The average Bonchev–Trinajstić information content (AvgIpc) is 3.39. The van der Waals surface area contributed by atoms with Crippen molar-refractivity contribution in [3.63, 3.8) is 0 Å². The molecule has 0 bridgehead atoms. The summed E-state index contributed by atoms with van der Waals surface area (Å²) in [7, 11) is 0. The zero-order chi connectivity index (χ0) is 18.9. The highest BCUT2D eigenvalue weighted by Crippen LogP contribution is 2.28. The van der Waals surface area contributed by atoms with Crippen molar-refractivity contribution in [2.75, 3.05) is 11.4 Å². The first-order valence-electron chi connectivity index (χ1n) is 9.88. The molecule has 0 spiro atoms. The molecule has 1 aliphatic heterocycles. The smallest absolute Gasteiger partial charge is 0.266 e. The monoisotopic (exact) mass is 374 g/mol. The van der Waals surface area contributed by atoms with Gasteiger partial charge in [0.15, 0.2) is 5.82 Å². The van der Waals surface area contributed by atoms with E-state index in [0.717, 1.165) is 61.4 Å². The van der Waals surface area contributed by atoms with E-state index in [0.29, 0.717) is 6.54 Å². The van der Waals surface area contributed by atoms with Crippen LogP contribution in [0, 0.1) is 0 Å². The Kier molecular flexibility index (Phi) is 4.35. The van der Waals surface area contributed by atoms with Crippen molar-refractivity contribution in [2.24, 2.45) is 0 Å². The molecule has 1 unspecified atom stereocenters. The van der Waals surface area contributed by atoms with Crippen LogP contribution in [0.1, 0.15) is 30.5 Å². The van der Waals surface area contributed by atoms with Crippen molar-refractivity contribution in [1.82, 2.24) is 25.0 Å². The summed E-state index contributed by atoms with van der Waals surface area (Å²) in [6, 6.07) is 9.56. The van der Waals surface area contributed by atoms with Crippen LogP contribution in [0.3, 0.4) is 0 Å². The van der Waals surface area contributed by atoms with E-state index in [1.807, 2.05) is 12.1 Å². The first-order chi connectivity index (χ1) is 13.8. The Morgan fingerprint density at radius 1 is 1.11 bits per heavy atom. The summed E-state index contributed by atoms with van der Waals surface area (Å²) < 4.78 is 1.58. The lowest BCUT2D eigenvalue weighted by Crippen LogP contribution is -2.37. The summed E-state index contributed by atoms with van der Waals surface area (Å²) in [6.45, 7) is 1.49.